The average Bonchev–Trinajstić information content (AvgIpc) is 3.62. The normalized spacial score (nSPS) is 25.3. The Bertz CT molecular complexity index is 1170. The highest BCUT2D eigenvalue weighted by Gasteiger charge is 2.44. The van der Waals surface area contributed by atoms with E-state index in [-0.39, 0.29) is 24.9 Å². The molecule has 0 aliphatic carbocycles. The second kappa shape index (κ2) is 15.6. The maximum atomic E-state index is 13.1. The number of aliphatic hydroxyl groups excluding tert-OH is 1. The van der Waals surface area contributed by atoms with Crippen LogP contribution >= 0.6 is 11.9 Å². The molecular formula is C31H40N2O8S. The lowest BCUT2D eigenvalue weighted by atomic mass is 10.0. The monoisotopic (exact) mass is 600 g/mol. The summed E-state index contributed by atoms with van der Waals surface area (Å²) >= 11 is 1.48. The Morgan fingerprint density at radius 3 is 2.88 bits per heavy atom. The van der Waals surface area contributed by atoms with Crippen LogP contribution in [0.5, 0.6) is 11.5 Å². The van der Waals surface area contributed by atoms with Crippen molar-refractivity contribution in [2.75, 3.05) is 53.2 Å². The van der Waals surface area contributed by atoms with Gasteiger partial charge < -0.3 is 38.8 Å². The van der Waals surface area contributed by atoms with Crippen LogP contribution in [0.1, 0.15) is 18.4 Å². The van der Waals surface area contributed by atoms with Crippen molar-refractivity contribution in [1.29, 1.82) is 0 Å². The van der Waals surface area contributed by atoms with Gasteiger partial charge in [-0.2, -0.15) is 0 Å². The molecule has 2 aromatic carbocycles. The fraction of sp³-hybridized carbons (Fsp3) is 0.516. The predicted octanol–water partition coefficient (Wildman–Crippen LogP) is 3.82. The molecular weight excluding hydrogens is 560 g/mol. The molecule has 228 valence electrons. The minimum Gasteiger partial charge on any atom is -0.497 e. The first kappa shape index (κ1) is 30.7. The lowest BCUT2D eigenvalue weighted by Crippen LogP contribution is -2.50. The Kier molecular flexibility index (Phi) is 11.4. The summed E-state index contributed by atoms with van der Waals surface area (Å²) in [6.07, 6.45) is 3.85. The van der Waals surface area contributed by atoms with Crippen molar-refractivity contribution in [2.45, 2.75) is 48.7 Å². The van der Waals surface area contributed by atoms with E-state index in [1.165, 1.54) is 11.9 Å². The largest absolute Gasteiger partial charge is 0.497 e. The molecule has 0 unspecified atom stereocenters. The third-order valence-corrected chi connectivity index (χ3v) is 8.61. The molecule has 10 nitrogen and oxygen atoms in total. The van der Waals surface area contributed by atoms with Crippen LogP contribution in [-0.4, -0.2) is 93.3 Å². The highest BCUT2D eigenvalue weighted by molar-refractivity contribution is 7.97. The molecule has 5 atom stereocenters. The van der Waals surface area contributed by atoms with Crippen molar-refractivity contribution < 1.29 is 38.3 Å². The number of ether oxygens (including phenoxy) is 6. The fourth-order valence-corrected chi connectivity index (χ4v) is 6.22. The first-order valence-electron chi connectivity index (χ1n) is 14.5. The zero-order valence-electron chi connectivity index (χ0n) is 23.9. The molecule has 0 bridgehead atoms. The Labute approximate surface area is 251 Å². The van der Waals surface area contributed by atoms with Gasteiger partial charge in [0.05, 0.1) is 63.1 Å². The number of aliphatic hydroxyl groups is 1. The molecule has 2 aromatic rings. The number of nitrogens with one attached hydrogen (secondary N) is 1. The molecule has 1 amide bonds. The van der Waals surface area contributed by atoms with E-state index >= 15 is 0 Å². The summed E-state index contributed by atoms with van der Waals surface area (Å²) in [5.74, 6) is 1.45. The van der Waals surface area contributed by atoms with E-state index < -0.39 is 18.2 Å². The molecule has 42 heavy (non-hydrogen) atoms. The molecule has 0 radical (unpaired) electrons. The van der Waals surface area contributed by atoms with Crippen LogP contribution in [0.4, 0.5) is 4.79 Å². The first-order valence-corrected chi connectivity index (χ1v) is 15.2. The van der Waals surface area contributed by atoms with E-state index in [1.807, 2.05) is 65.0 Å². The van der Waals surface area contributed by atoms with Crippen LogP contribution in [0.2, 0.25) is 0 Å². The van der Waals surface area contributed by atoms with Crippen molar-refractivity contribution in [1.82, 2.24) is 9.62 Å². The van der Waals surface area contributed by atoms with Gasteiger partial charge in [-0.1, -0.05) is 42.5 Å². The summed E-state index contributed by atoms with van der Waals surface area (Å²) in [5.41, 5.74) is 0.994. The van der Waals surface area contributed by atoms with Crippen LogP contribution in [0.15, 0.2) is 65.6 Å². The van der Waals surface area contributed by atoms with Crippen molar-refractivity contribution in [3.8, 4) is 11.5 Å². The minimum atomic E-state index is -0.911. The smallest absolute Gasteiger partial charge is 0.407 e. The number of carbonyl (C=O) groups excluding carboxylic acids is 1. The molecule has 5 rings (SSSR count). The summed E-state index contributed by atoms with van der Waals surface area (Å²) in [6.45, 7) is 3.21. The number of fused-ring (bicyclic) bond motifs is 2. The van der Waals surface area contributed by atoms with Crippen molar-refractivity contribution >= 4 is 18.0 Å². The lowest BCUT2D eigenvalue weighted by Gasteiger charge is -2.30. The maximum Gasteiger partial charge on any atom is 0.407 e. The molecule has 3 aliphatic heterocycles. The number of methoxy groups -OCH3 is 1. The summed E-state index contributed by atoms with van der Waals surface area (Å²) in [5, 5.41) is 14.5. The van der Waals surface area contributed by atoms with Crippen molar-refractivity contribution in [3.63, 3.8) is 0 Å². The Morgan fingerprint density at radius 2 is 2.02 bits per heavy atom. The Morgan fingerprint density at radius 1 is 1.14 bits per heavy atom. The van der Waals surface area contributed by atoms with E-state index in [0.717, 1.165) is 23.3 Å². The van der Waals surface area contributed by atoms with Crippen molar-refractivity contribution in [3.05, 3.63) is 66.2 Å². The number of rotatable bonds is 8. The fourth-order valence-electron chi connectivity index (χ4n) is 5.21. The summed E-state index contributed by atoms with van der Waals surface area (Å²) in [6, 6.07) is 14.9. The van der Waals surface area contributed by atoms with Crippen LogP contribution in [0, 0.1) is 5.92 Å². The van der Waals surface area contributed by atoms with Gasteiger partial charge in [-0.3, -0.25) is 0 Å². The average molecular weight is 601 g/mol. The number of benzene rings is 2. The number of carbonyl (C=O) groups is 1. The molecule has 0 saturated carbocycles. The molecule has 2 saturated heterocycles. The van der Waals surface area contributed by atoms with Gasteiger partial charge in [0.25, 0.3) is 0 Å². The second-order valence-corrected chi connectivity index (χ2v) is 11.6. The van der Waals surface area contributed by atoms with Crippen LogP contribution < -0.4 is 14.8 Å². The third-order valence-electron chi connectivity index (χ3n) is 7.49. The SMILES string of the molecule is COc1ccc2c(c1)OCC/C=C\COCCN(C[C@@H](O)[C@H](Cc1ccccc1)NC(=O)O[C@H]1CO[C@H]3OCC[C@H]31)S2. The van der Waals surface area contributed by atoms with E-state index in [0.29, 0.717) is 57.5 Å². The zero-order chi connectivity index (χ0) is 29.1. The van der Waals surface area contributed by atoms with Gasteiger partial charge in [-0.05, 0) is 48.9 Å². The first-order chi connectivity index (χ1) is 20.6. The van der Waals surface area contributed by atoms with Gasteiger partial charge in [-0.25, -0.2) is 9.10 Å². The summed E-state index contributed by atoms with van der Waals surface area (Å²) in [4.78, 5) is 14.0. The molecule has 0 aromatic heterocycles. The predicted molar refractivity (Wildman–Crippen MR) is 158 cm³/mol. The van der Waals surface area contributed by atoms with E-state index in [4.69, 9.17) is 28.4 Å². The van der Waals surface area contributed by atoms with Gasteiger partial charge in [0, 0.05) is 19.2 Å². The van der Waals surface area contributed by atoms with Gasteiger partial charge in [0.2, 0.25) is 0 Å². The van der Waals surface area contributed by atoms with Gasteiger partial charge in [0.15, 0.2) is 6.29 Å². The van der Waals surface area contributed by atoms with Gasteiger partial charge in [0.1, 0.15) is 17.6 Å². The van der Waals surface area contributed by atoms with Crippen molar-refractivity contribution in [2.24, 2.45) is 5.92 Å². The summed E-state index contributed by atoms with van der Waals surface area (Å²) in [7, 11) is 1.63. The molecule has 2 N–H and O–H groups in total. The van der Waals surface area contributed by atoms with E-state index in [9.17, 15) is 9.90 Å². The number of hydrogen-bond donors (Lipinski definition) is 2. The van der Waals surface area contributed by atoms with Gasteiger partial charge in [-0.15, -0.1) is 0 Å². The van der Waals surface area contributed by atoms with Crippen LogP contribution in [0.3, 0.4) is 0 Å². The molecule has 11 heteroatoms. The molecule has 0 spiro atoms. The number of amides is 1. The molecule has 2 fully saturated rings. The lowest BCUT2D eigenvalue weighted by molar-refractivity contribution is -0.0907. The maximum absolute atomic E-state index is 13.1. The topological polar surface area (TPSA) is 108 Å². The number of hydrogen-bond acceptors (Lipinski definition) is 10. The second-order valence-electron chi connectivity index (χ2n) is 10.5. The van der Waals surface area contributed by atoms with Crippen LogP contribution in [-0.2, 0) is 25.4 Å². The molecule has 3 heterocycles. The Balaban J connectivity index is 1.29. The third kappa shape index (κ3) is 8.62. The summed E-state index contributed by atoms with van der Waals surface area (Å²) < 4.78 is 36.3. The van der Waals surface area contributed by atoms with E-state index in [2.05, 4.69) is 5.32 Å². The standard InChI is InChI=1S/C31H40N2O8S/c1-36-23-10-11-29-27(19-23)38-15-7-3-6-14-37-17-13-33(42-29)20-26(34)25(18-22-8-4-2-5-9-22)32-31(35)41-28-21-40-30-24(28)12-16-39-30/h2-6,8-11,19,24-26,28,30,34H,7,12-18,20-21H2,1H3,(H,32,35)/b6-3-/t24-,25-,26+,28-,30+/m0/s1. The quantitative estimate of drug-likeness (QED) is 0.343. The Hall–Kier alpha value is -2.80. The highest BCUT2D eigenvalue weighted by Crippen LogP contribution is 2.36. The number of nitrogens with zero attached hydrogens (tertiary/aromatic N) is 1. The number of β-amino-alcohol motifs (C(OH)–C–C–N with tert-alkyl or cyclic N) is 1. The number of alkyl carbamates (subject to hydrolysis) is 1. The van der Waals surface area contributed by atoms with Crippen LogP contribution in [0.25, 0.3) is 0 Å². The van der Waals surface area contributed by atoms with E-state index in [1.54, 1.807) is 7.11 Å². The minimum absolute atomic E-state index is 0.0342. The molecule has 3 aliphatic rings. The zero-order valence-corrected chi connectivity index (χ0v) is 24.7. The highest BCUT2D eigenvalue weighted by atomic mass is 32.2. The van der Waals surface area contributed by atoms with Gasteiger partial charge >= 0.3 is 6.09 Å².